The van der Waals surface area contributed by atoms with Gasteiger partial charge in [-0.2, -0.15) is 14.9 Å². The molecule has 0 saturated heterocycles. The second-order valence-electron chi connectivity index (χ2n) is 6.95. The number of nitrogens with zero attached hydrogens (tertiary/aromatic N) is 2. The van der Waals surface area contributed by atoms with Gasteiger partial charge in [0.2, 0.25) is 0 Å². The summed E-state index contributed by atoms with van der Waals surface area (Å²) in [4.78, 5) is 23.5. The Hall–Kier alpha value is -2.84. The summed E-state index contributed by atoms with van der Waals surface area (Å²) >= 11 is 0.760. The number of benzene rings is 2. The molecule has 4 rings (SSSR count). The van der Waals surface area contributed by atoms with Crippen molar-refractivity contribution in [3.8, 4) is 0 Å². The van der Waals surface area contributed by atoms with Gasteiger partial charge in [-0.05, 0) is 37.5 Å². The predicted octanol–water partition coefficient (Wildman–Crippen LogP) is 5.45. The highest BCUT2D eigenvalue weighted by Crippen LogP contribution is 2.44. The van der Waals surface area contributed by atoms with E-state index < -0.39 is 11.0 Å². The molecule has 3 aromatic rings. The number of oxime groups is 1. The van der Waals surface area contributed by atoms with Crippen molar-refractivity contribution in [3.05, 3.63) is 77.1 Å². The van der Waals surface area contributed by atoms with Crippen molar-refractivity contribution in [1.82, 2.24) is 4.98 Å². The molecule has 1 saturated carbocycles. The molecule has 0 bridgehead atoms. The first-order valence-corrected chi connectivity index (χ1v) is 12.1. The van der Waals surface area contributed by atoms with E-state index in [9.17, 15) is 9.18 Å². The lowest BCUT2D eigenvalue weighted by Crippen LogP contribution is -2.24. The molecule has 1 atom stereocenters. The zero-order valence-corrected chi connectivity index (χ0v) is 18.6. The molecule has 1 unspecified atom stereocenters. The Morgan fingerprint density at radius 1 is 1.26 bits per heavy atom. The highest BCUT2D eigenvalue weighted by molar-refractivity contribution is 8.15. The van der Waals surface area contributed by atoms with Crippen molar-refractivity contribution < 1.29 is 14.0 Å². The topological polar surface area (TPSA) is 63.6 Å². The van der Waals surface area contributed by atoms with Crippen LogP contribution in [-0.4, -0.2) is 27.2 Å². The van der Waals surface area contributed by atoms with E-state index in [1.807, 2.05) is 54.6 Å². The summed E-state index contributed by atoms with van der Waals surface area (Å²) in [6.07, 6.45) is 3.60. The Bertz CT molecular complexity index is 1110. The van der Waals surface area contributed by atoms with E-state index in [2.05, 4.69) is 27.7 Å². The van der Waals surface area contributed by atoms with Crippen molar-refractivity contribution >= 4 is 43.9 Å². The van der Waals surface area contributed by atoms with Crippen LogP contribution in [0.25, 0.3) is 0 Å². The van der Waals surface area contributed by atoms with Crippen LogP contribution < -0.4 is 5.32 Å². The molecule has 1 heterocycles. The number of aromatic nitrogens is 1. The standard InChI is InChI=1S/C23H22FN3O2S2/c1-2-31(19-12-13-19)18-10-8-17(9-11-18)21(22(28)26-23-25-14-20(24)30-23)27-29-15-16-6-4-3-5-7-16/h2-11,14,19H,12-13,15H2,1H3,(H,25,26,28)/b27-21+. The maximum absolute atomic E-state index is 13.3. The molecule has 1 N–H and O–H groups in total. The summed E-state index contributed by atoms with van der Waals surface area (Å²) in [6.45, 7) is 2.33. The Balaban J connectivity index is 1.56. The number of hydrogen-bond donors (Lipinski definition) is 1. The van der Waals surface area contributed by atoms with Gasteiger partial charge in [0.05, 0.1) is 6.20 Å². The van der Waals surface area contributed by atoms with Gasteiger partial charge in [-0.1, -0.05) is 64.3 Å². The van der Waals surface area contributed by atoms with Crippen LogP contribution in [0.15, 0.2) is 70.8 Å². The third kappa shape index (κ3) is 5.65. The van der Waals surface area contributed by atoms with Gasteiger partial charge in [-0.3, -0.25) is 10.1 Å². The van der Waals surface area contributed by atoms with Crippen molar-refractivity contribution in [3.63, 3.8) is 0 Å². The number of thiazole rings is 1. The lowest BCUT2D eigenvalue weighted by atomic mass is 10.1. The second kappa shape index (κ2) is 9.98. The predicted molar refractivity (Wildman–Crippen MR) is 126 cm³/mol. The molecule has 5 nitrogen and oxygen atoms in total. The molecule has 8 heteroatoms. The molecule has 0 aliphatic heterocycles. The maximum atomic E-state index is 13.3. The van der Waals surface area contributed by atoms with E-state index in [4.69, 9.17) is 4.84 Å². The maximum Gasteiger partial charge on any atom is 0.280 e. The molecular weight excluding hydrogens is 433 g/mol. The van der Waals surface area contributed by atoms with Gasteiger partial charge in [-0.25, -0.2) is 4.98 Å². The van der Waals surface area contributed by atoms with Crippen LogP contribution in [0.4, 0.5) is 9.52 Å². The third-order valence-corrected chi connectivity index (χ3v) is 7.90. The average Bonchev–Trinajstić information content (AvgIpc) is 3.54. The minimum absolute atomic E-state index is 0.116. The lowest BCUT2D eigenvalue weighted by Gasteiger charge is -2.10. The largest absolute Gasteiger partial charge is 0.390 e. The van der Waals surface area contributed by atoms with Crippen LogP contribution in [0.5, 0.6) is 0 Å². The van der Waals surface area contributed by atoms with Crippen LogP contribution in [0.1, 0.15) is 30.9 Å². The Labute approximate surface area is 186 Å². The van der Waals surface area contributed by atoms with Crippen LogP contribution in [0.2, 0.25) is 0 Å². The normalized spacial score (nSPS) is 15.0. The number of hydrogen-bond acceptors (Lipinski definition) is 5. The fourth-order valence-corrected chi connectivity index (χ4v) is 5.73. The molecule has 31 heavy (non-hydrogen) atoms. The number of amides is 1. The highest BCUT2D eigenvalue weighted by Gasteiger charge is 2.25. The SMILES string of the molecule is C/C=S(/c1ccc(/C(=N\OCc2ccccc2)C(=O)Nc2ncc(F)s2)cc1)C1CC1. The molecule has 1 amide bonds. The van der Waals surface area contributed by atoms with Gasteiger partial charge < -0.3 is 4.84 Å². The van der Waals surface area contributed by atoms with E-state index in [1.54, 1.807) is 0 Å². The van der Waals surface area contributed by atoms with Crippen molar-refractivity contribution in [2.75, 3.05) is 5.32 Å². The summed E-state index contributed by atoms with van der Waals surface area (Å²) in [5.74, 6) is -0.501. The number of halogens is 1. The number of anilines is 1. The Kier molecular flexibility index (Phi) is 6.89. The van der Waals surface area contributed by atoms with Gasteiger partial charge >= 0.3 is 0 Å². The van der Waals surface area contributed by atoms with Crippen molar-refractivity contribution in [2.45, 2.75) is 36.5 Å². The molecule has 1 fully saturated rings. The summed E-state index contributed by atoms with van der Waals surface area (Å²) in [7, 11) is 0.127. The Morgan fingerprint density at radius 2 is 2.00 bits per heavy atom. The van der Waals surface area contributed by atoms with E-state index in [0.717, 1.165) is 28.3 Å². The minimum Gasteiger partial charge on any atom is -0.390 e. The molecule has 1 aliphatic carbocycles. The average molecular weight is 456 g/mol. The molecule has 0 radical (unpaired) electrons. The van der Waals surface area contributed by atoms with Gasteiger partial charge in [0.25, 0.3) is 5.91 Å². The fourth-order valence-electron chi connectivity index (χ4n) is 3.05. The van der Waals surface area contributed by atoms with Crippen LogP contribution >= 0.6 is 21.8 Å². The first-order chi connectivity index (χ1) is 15.1. The van der Waals surface area contributed by atoms with Crippen LogP contribution in [0, 0.1) is 5.13 Å². The zero-order chi connectivity index (χ0) is 21.6. The number of carbonyl (C=O) groups is 1. The first kappa shape index (κ1) is 21.4. The molecule has 160 valence electrons. The highest BCUT2D eigenvalue weighted by atomic mass is 32.2. The number of rotatable bonds is 8. The van der Waals surface area contributed by atoms with Gasteiger partial charge in [0, 0.05) is 15.7 Å². The summed E-state index contributed by atoms with van der Waals surface area (Å²) in [5, 5.41) is 9.41. The lowest BCUT2D eigenvalue weighted by molar-refractivity contribution is -0.110. The zero-order valence-electron chi connectivity index (χ0n) is 17.0. The van der Waals surface area contributed by atoms with Gasteiger partial charge in [0.1, 0.15) is 6.61 Å². The van der Waals surface area contributed by atoms with E-state index in [1.165, 1.54) is 17.7 Å². The molecule has 0 spiro atoms. The second-order valence-corrected chi connectivity index (χ2v) is 10.3. The van der Waals surface area contributed by atoms with E-state index >= 15 is 0 Å². The number of nitrogens with one attached hydrogen (secondary N) is 1. The molecule has 1 aliphatic rings. The molecule has 1 aromatic heterocycles. The first-order valence-electron chi connectivity index (χ1n) is 9.92. The van der Waals surface area contributed by atoms with Crippen LogP contribution in [0.3, 0.4) is 0 Å². The Morgan fingerprint density at radius 3 is 2.61 bits per heavy atom. The monoisotopic (exact) mass is 455 g/mol. The van der Waals surface area contributed by atoms with Gasteiger partial charge in [-0.15, -0.1) is 0 Å². The van der Waals surface area contributed by atoms with Gasteiger partial charge in [0.15, 0.2) is 16.0 Å². The van der Waals surface area contributed by atoms with Crippen molar-refractivity contribution in [1.29, 1.82) is 0 Å². The third-order valence-electron chi connectivity index (χ3n) is 4.68. The van der Waals surface area contributed by atoms with Crippen LogP contribution in [-0.2, 0) is 16.2 Å². The van der Waals surface area contributed by atoms with Crippen molar-refractivity contribution in [2.24, 2.45) is 5.16 Å². The molecule has 2 aromatic carbocycles. The summed E-state index contributed by atoms with van der Waals surface area (Å²) < 4.78 is 13.3. The summed E-state index contributed by atoms with van der Waals surface area (Å²) in [5.41, 5.74) is 1.68. The quantitative estimate of drug-likeness (QED) is 0.279. The molecular formula is C23H22FN3O2S2. The smallest absolute Gasteiger partial charge is 0.280 e. The number of carbonyl (C=O) groups excluding carboxylic acids is 1. The van der Waals surface area contributed by atoms with E-state index in [0.29, 0.717) is 5.56 Å². The van der Waals surface area contributed by atoms with E-state index in [-0.39, 0.29) is 27.9 Å². The minimum atomic E-state index is -0.501. The summed E-state index contributed by atoms with van der Waals surface area (Å²) in [6, 6.07) is 17.4. The fraction of sp³-hybridized carbons (Fsp3) is 0.217.